The average molecular weight is 175 g/mol. The molecule has 3 nitrogen and oxygen atoms in total. The van der Waals surface area contributed by atoms with Crippen LogP contribution in [0.3, 0.4) is 0 Å². The average Bonchev–Trinajstić information content (AvgIpc) is 2.02. The van der Waals surface area contributed by atoms with Gasteiger partial charge >= 0.3 is 5.97 Å². The Morgan fingerprint density at radius 2 is 2.17 bits per heavy atom. The quantitative estimate of drug-likeness (QED) is 0.453. The van der Waals surface area contributed by atoms with Crippen molar-refractivity contribution in [2.45, 2.75) is 0 Å². The number of alkyl halides is 1. The Labute approximate surface area is 71.8 Å². The highest BCUT2D eigenvalue weighted by atomic mass is 19.1. The molecule has 0 radical (unpaired) electrons. The van der Waals surface area contributed by atoms with Crippen molar-refractivity contribution in [1.82, 2.24) is 4.90 Å². The van der Waals surface area contributed by atoms with Crippen molar-refractivity contribution >= 4 is 5.97 Å². The number of likely N-dealkylation sites (N-methyl/N-ethyl adjacent to an activating group) is 1. The van der Waals surface area contributed by atoms with Gasteiger partial charge in [0.2, 0.25) is 0 Å². The van der Waals surface area contributed by atoms with Crippen LogP contribution in [-0.2, 0) is 9.53 Å². The number of halogens is 1. The highest BCUT2D eigenvalue weighted by Gasteiger charge is 2.06. The molecule has 0 atom stereocenters. The molecule has 0 aliphatic carbocycles. The predicted octanol–water partition coefficient (Wildman–Crippen LogP) is 0.617. The smallest absolute Gasteiger partial charge is 0.336 e. The summed E-state index contributed by atoms with van der Waals surface area (Å²) in [6.45, 7) is 3.26. The van der Waals surface area contributed by atoms with Crippen LogP contribution in [0.25, 0.3) is 0 Å². The third-order valence-electron chi connectivity index (χ3n) is 1.22. The fourth-order valence-corrected chi connectivity index (χ4v) is 0.478. The molecule has 0 aromatic rings. The molecule has 0 unspecified atom stereocenters. The third-order valence-corrected chi connectivity index (χ3v) is 1.22. The zero-order valence-electron chi connectivity index (χ0n) is 7.47. The number of hydrogen-bond acceptors (Lipinski definition) is 3. The summed E-state index contributed by atoms with van der Waals surface area (Å²) in [4.78, 5) is 12.6. The SMILES string of the molecule is C=C(CF)C(=O)OCCN(C)C. The van der Waals surface area contributed by atoms with Crippen molar-refractivity contribution in [2.24, 2.45) is 0 Å². The van der Waals surface area contributed by atoms with E-state index in [0.717, 1.165) is 0 Å². The van der Waals surface area contributed by atoms with Gasteiger partial charge < -0.3 is 9.64 Å². The van der Waals surface area contributed by atoms with E-state index in [-0.39, 0.29) is 12.2 Å². The number of hydrogen-bond donors (Lipinski definition) is 0. The second-order valence-corrected chi connectivity index (χ2v) is 2.68. The maximum atomic E-state index is 11.8. The van der Waals surface area contributed by atoms with Gasteiger partial charge in [-0.2, -0.15) is 0 Å². The summed E-state index contributed by atoms with van der Waals surface area (Å²) in [5, 5.41) is 0. The molecule has 0 saturated carbocycles. The lowest BCUT2D eigenvalue weighted by molar-refractivity contribution is -0.139. The van der Waals surface area contributed by atoms with E-state index in [2.05, 4.69) is 11.3 Å². The van der Waals surface area contributed by atoms with Crippen LogP contribution < -0.4 is 0 Å². The Morgan fingerprint density at radius 3 is 2.58 bits per heavy atom. The summed E-state index contributed by atoms with van der Waals surface area (Å²) in [6.07, 6.45) is 0. The van der Waals surface area contributed by atoms with Gasteiger partial charge in [-0.25, -0.2) is 9.18 Å². The van der Waals surface area contributed by atoms with E-state index in [4.69, 9.17) is 0 Å². The molecule has 70 valence electrons. The first kappa shape index (κ1) is 11.1. The van der Waals surface area contributed by atoms with Crippen LogP contribution >= 0.6 is 0 Å². The zero-order chi connectivity index (χ0) is 9.56. The van der Waals surface area contributed by atoms with Gasteiger partial charge in [-0.15, -0.1) is 0 Å². The Hall–Kier alpha value is -0.900. The van der Waals surface area contributed by atoms with Crippen LogP contribution in [0.1, 0.15) is 0 Å². The maximum Gasteiger partial charge on any atom is 0.336 e. The molecule has 0 spiro atoms. The number of esters is 1. The van der Waals surface area contributed by atoms with Crippen LogP contribution in [0, 0.1) is 0 Å². The van der Waals surface area contributed by atoms with Gasteiger partial charge in [0.15, 0.2) is 0 Å². The minimum Gasteiger partial charge on any atom is -0.461 e. The minimum atomic E-state index is -0.846. The molecule has 0 N–H and O–H groups in total. The largest absolute Gasteiger partial charge is 0.461 e. The first-order valence-electron chi connectivity index (χ1n) is 3.63. The Kier molecular flexibility index (Phi) is 5.28. The van der Waals surface area contributed by atoms with Crippen molar-refractivity contribution in [3.05, 3.63) is 12.2 Å². The van der Waals surface area contributed by atoms with E-state index in [9.17, 15) is 9.18 Å². The van der Waals surface area contributed by atoms with Crippen LogP contribution in [0.4, 0.5) is 4.39 Å². The molecular formula is C8H14FNO2. The van der Waals surface area contributed by atoms with Crippen molar-refractivity contribution in [3.63, 3.8) is 0 Å². The second kappa shape index (κ2) is 5.71. The Balaban J connectivity index is 3.51. The van der Waals surface area contributed by atoms with Gasteiger partial charge in [0, 0.05) is 6.54 Å². The predicted molar refractivity (Wildman–Crippen MR) is 44.6 cm³/mol. The summed E-state index contributed by atoms with van der Waals surface area (Å²) < 4.78 is 16.5. The molecule has 12 heavy (non-hydrogen) atoms. The number of carbonyl (C=O) groups excluding carboxylic acids is 1. The van der Waals surface area contributed by atoms with E-state index in [0.29, 0.717) is 6.54 Å². The molecule has 0 fully saturated rings. The summed E-state index contributed by atoms with van der Waals surface area (Å²) >= 11 is 0. The molecule has 0 aromatic heterocycles. The highest BCUT2D eigenvalue weighted by Crippen LogP contribution is 1.94. The second-order valence-electron chi connectivity index (χ2n) is 2.68. The molecule has 0 rings (SSSR count). The Morgan fingerprint density at radius 1 is 1.58 bits per heavy atom. The molecule has 0 aliphatic rings. The van der Waals surface area contributed by atoms with Gasteiger partial charge in [-0.05, 0) is 14.1 Å². The van der Waals surface area contributed by atoms with Crippen molar-refractivity contribution in [2.75, 3.05) is 33.9 Å². The van der Waals surface area contributed by atoms with E-state index in [1.807, 2.05) is 19.0 Å². The van der Waals surface area contributed by atoms with Gasteiger partial charge in [0.1, 0.15) is 13.3 Å². The van der Waals surface area contributed by atoms with Crippen molar-refractivity contribution in [1.29, 1.82) is 0 Å². The third kappa shape index (κ3) is 4.85. The summed E-state index contributed by atoms with van der Waals surface area (Å²) in [5.41, 5.74) is -0.131. The summed E-state index contributed by atoms with van der Waals surface area (Å²) in [6, 6.07) is 0. The summed E-state index contributed by atoms with van der Waals surface area (Å²) in [7, 11) is 3.72. The van der Waals surface area contributed by atoms with Gasteiger partial charge in [0.05, 0.1) is 5.57 Å². The number of nitrogens with zero attached hydrogens (tertiary/aromatic N) is 1. The molecule has 4 heteroatoms. The lowest BCUT2D eigenvalue weighted by Crippen LogP contribution is -2.20. The standard InChI is InChI=1S/C8H14FNO2/c1-7(6-9)8(11)12-5-4-10(2)3/h1,4-6H2,2-3H3. The van der Waals surface area contributed by atoms with Crippen LogP contribution in [0.5, 0.6) is 0 Å². The number of carbonyl (C=O) groups is 1. The lowest BCUT2D eigenvalue weighted by Gasteiger charge is -2.09. The molecule has 0 heterocycles. The minimum absolute atomic E-state index is 0.131. The zero-order valence-corrected chi connectivity index (χ0v) is 7.47. The van der Waals surface area contributed by atoms with Crippen molar-refractivity contribution in [3.8, 4) is 0 Å². The summed E-state index contributed by atoms with van der Waals surface area (Å²) in [5.74, 6) is -0.653. The fourth-order valence-electron chi connectivity index (χ4n) is 0.478. The molecule has 0 amide bonds. The lowest BCUT2D eigenvalue weighted by atomic mass is 10.3. The van der Waals surface area contributed by atoms with Gasteiger partial charge in [0.25, 0.3) is 0 Å². The normalized spacial score (nSPS) is 10.0. The molecular weight excluding hydrogens is 161 g/mol. The fraction of sp³-hybridized carbons (Fsp3) is 0.625. The van der Waals surface area contributed by atoms with Crippen LogP contribution in [0.2, 0.25) is 0 Å². The first-order valence-corrected chi connectivity index (χ1v) is 3.63. The molecule has 0 aliphatic heterocycles. The van der Waals surface area contributed by atoms with Crippen LogP contribution in [0.15, 0.2) is 12.2 Å². The van der Waals surface area contributed by atoms with Gasteiger partial charge in [-0.1, -0.05) is 6.58 Å². The first-order chi connectivity index (χ1) is 5.57. The van der Waals surface area contributed by atoms with E-state index in [1.54, 1.807) is 0 Å². The van der Waals surface area contributed by atoms with E-state index >= 15 is 0 Å². The van der Waals surface area contributed by atoms with E-state index in [1.165, 1.54) is 0 Å². The van der Waals surface area contributed by atoms with Gasteiger partial charge in [-0.3, -0.25) is 0 Å². The number of rotatable bonds is 5. The molecule has 0 saturated heterocycles. The Bertz CT molecular complexity index is 168. The maximum absolute atomic E-state index is 11.8. The monoisotopic (exact) mass is 175 g/mol. The highest BCUT2D eigenvalue weighted by molar-refractivity contribution is 5.87. The van der Waals surface area contributed by atoms with Crippen molar-refractivity contribution < 1.29 is 13.9 Å². The molecule has 0 aromatic carbocycles. The number of ether oxygens (including phenoxy) is 1. The van der Waals surface area contributed by atoms with E-state index < -0.39 is 12.6 Å². The topological polar surface area (TPSA) is 29.5 Å². The van der Waals surface area contributed by atoms with Crippen LogP contribution in [-0.4, -0.2) is 44.8 Å². The molecule has 0 bridgehead atoms.